The van der Waals surface area contributed by atoms with Gasteiger partial charge in [0.15, 0.2) is 11.5 Å². The molecule has 0 radical (unpaired) electrons. The molecule has 0 aliphatic carbocycles. The normalized spacial score (nSPS) is 15.0. The first kappa shape index (κ1) is 19.9. The molecule has 0 bridgehead atoms. The summed E-state index contributed by atoms with van der Waals surface area (Å²) in [5, 5.41) is 6.36. The Balaban J connectivity index is 1.58. The van der Waals surface area contributed by atoms with E-state index in [1.54, 1.807) is 26.0 Å². The van der Waals surface area contributed by atoms with Gasteiger partial charge < -0.3 is 25.0 Å². The van der Waals surface area contributed by atoms with Crippen molar-refractivity contribution in [3.8, 4) is 11.5 Å². The number of nitrogens with zero attached hydrogens (tertiary/aromatic N) is 1. The van der Waals surface area contributed by atoms with Gasteiger partial charge in [0.25, 0.3) is 0 Å². The first-order chi connectivity index (χ1) is 12.2. The Morgan fingerprint density at radius 2 is 2.00 bits per heavy atom. The predicted molar refractivity (Wildman–Crippen MR) is 102 cm³/mol. The van der Waals surface area contributed by atoms with Crippen molar-refractivity contribution in [3.63, 3.8) is 0 Å². The number of hydrogen-bond donors (Lipinski definition) is 2. The lowest BCUT2D eigenvalue weighted by Gasteiger charge is -2.27. The fraction of sp³-hybridized carbons (Fsp3) is 0.611. The third kappa shape index (κ3) is 7.13. The van der Waals surface area contributed by atoms with E-state index >= 15 is 0 Å². The smallest absolute Gasteiger partial charge is 0.220 e. The van der Waals surface area contributed by atoms with Crippen molar-refractivity contribution in [2.24, 2.45) is 0 Å². The maximum atomic E-state index is 11.9. The Morgan fingerprint density at radius 3 is 2.72 bits per heavy atom. The zero-order valence-corrected chi connectivity index (χ0v) is 16.0. The highest BCUT2D eigenvalue weighted by Gasteiger charge is 2.09. The van der Waals surface area contributed by atoms with Gasteiger partial charge in [-0.25, -0.2) is 0 Å². The molecule has 1 aliphatic heterocycles. The zero-order valence-electron chi connectivity index (χ0n) is 15.2. The minimum atomic E-state index is 0.119. The van der Waals surface area contributed by atoms with E-state index in [4.69, 9.17) is 9.47 Å². The number of rotatable bonds is 10. The van der Waals surface area contributed by atoms with Crippen molar-refractivity contribution >= 4 is 17.7 Å². The molecule has 1 amide bonds. The molecule has 2 N–H and O–H groups in total. The fourth-order valence-corrected chi connectivity index (χ4v) is 3.60. The summed E-state index contributed by atoms with van der Waals surface area (Å²) in [7, 11) is 3.25. The highest BCUT2D eigenvalue weighted by molar-refractivity contribution is 7.99. The summed E-state index contributed by atoms with van der Waals surface area (Å²) in [6, 6.07) is 5.81. The number of carbonyl (C=O) groups excluding carboxylic acids is 1. The summed E-state index contributed by atoms with van der Waals surface area (Å²) in [5.41, 5.74) is 0. The second-order valence-corrected chi connectivity index (χ2v) is 7.08. The van der Waals surface area contributed by atoms with Crippen LogP contribution in [0.4, 0.5) is 0 Å². The highest BCUT2D eigenvalue weighted by Crippen LogP contribution is 2.31. The summed E-state index contributed by atoms with van der Waals surface area (Å²) in [6.45, 7) is 6.16. The van der Waals surface area contributed by atoms with Gasteiger partial charge in [0.1, 0.15) is 0 Å². The van der Waals surface area contributed by atoms with Crippen LogP contribution in [0.1, 0.15) is 12.8 Å². The van der Waals surface area contributed by atoms with Gasteiger partial charge in [0.05, 0.1) is 14.2 Å². The fourth-order valence-electron chi connectivity index (χ4n) is 2.72. The van der Waals surface area contributed by atoms with Gasteiger partial charge >= 0.3 is 0 Å². The molecule has 0 unspecified atom stereocenters. The van der Waals surface area contributed by atoms with Gasteiger partial charge in [0, 0.05) is 49.8 Å². The van der Waals surface area contributed by atoms with Crippen molar-refractivity contribution < 1.29 is 14.3 Å². The van der Waals surface area contributed by atoms with Crippen molar-refractivity contribution in [3.05, 3.63) is 18.2 Å². The molecule has 1 fully saturated rings. The minimum Gasteiger partial charge on any atom is -0.493 e. The predicted octanol–water partition coefficient (Wildman–Crippen LogP) is 1.60. The van der Waals surface area contributed by atoms with Crippen molar-refractivity contribution in [1.29, 1.82) is 0 Å². The van der Waals surface area contributed by atoms with E-state index in [0.717, 1.165) is 56.3 Å². The Labute approximate surface area is 154 Å². The summed E-state index contributed by atoms with van der Waals surface area (Å²) in [5.74, 6) is 2.30. The van der Waals surface area contributed by atoms with E-state index in [-0.39, 0.29) is 5.91 Å². The van der Waals surface area contributed by atoms with Gasteiger partial charge in [-0.2, -0.15) is 0 Å². The number of carbonyl (C=O) groups is 1. The number of benzene rings is 1. The van der Waals surface area contributed by atoms with E-state index in [1.165, 1.54) is 0 Å². The topological polar surface area (TPSA) is 62.8 Å². The van der Waals surface area contributed by atoms with E-state index in [2.05, 4.69) is 15.5 Å². The van der Waals surface area contributed by atoms with Crippen molar-refractivity contribution in [2.75, 3.05) is 59.2 Å². The average molecular weight is 368 g/mol. The number of nitrogens with one attached hydrogen (secondary N) is 2. The number of amides is 1. The summed E-state index contributed by atoms with van der Waals surface area (Å²) in [4.78, 5) is 15.4. The minimum absolute atomic E-state index is 0.119. The average Bonchev–Trinajstić information content (AvgIpc) is 2.66. The molecule has 0 spiro atoms. The molecule has 7 heteroatoms. The third-order valence-corrected chi connectivity index (χ3v) is 5.13. The largest absolute Gasteiger partial charge is 0.493 e. The SMILES string of the molecule is COc1ccc(SCCC(=O)NCCCN2CCNCC2)cc1OC. The first-order valence-electron chi connectivity index (χ1n) is 8.77. The molecule has 0 atom stereocenters. The van der Waals surface area contributed by atoms with Gasteiger partial charge in [0.2, 0.25) is 5.91 Å². The van der Waals surface area contributed by atoms with Crippen LogP contribution < -0.4 is 20.1 Å². The molecule has 25 heavy (non-hydrogen) atoms. The van der Waals surface area contributed by atoms with Gasteiger partial charge in [-0.1, -0.05) is 0 Å². The maximum Gasteiger partial charge on any atom is 0.220 e. The lowest BCUT2D eigenvalue weighted by Crippen LogP contribution is -2.44. The quantitative estimate of drug-likeness (QED) is 0.484. The molecule has 1 aromatic carbocycles. The zero-order chi connectivity index (χ0) is 17.9. The van der Waals surface area contributed by atoms with E-state index in [1.807, 2.05) is 18.2 Å². The Kier molecular flexibility index (Phi) is 8.93. The Hall–Kier alpha value is -1.44. The van der Waals surface area contributed by atoms with Crippen LogP contribution >= 0.6 is 11.8 Å². The van der Waals surface area contributed by atoms with Crippen LogP contribution in [0.3, 0.4) is 0 Å². The Bertz CT molecular complexity index is 536. The van der Waals surface area contributed by atoms with Crippen molar-refractivity contribution in [1.82, 2.24) is 15.5 Å². The van der Waals surface area contributed by atoms with E-state index in [9.17, 15) is 4.79 Å². The summed E-state index contributed by atoms with van der Waals surface area (Å²) in [6.07, 6.45) is 1.53. The first-order valence-corrected chi connectivity index (χ1v) is 9.76. The van der Waals surface area contributed by atoms with Crippen LogP contribution in [0.15, 0.2) is 23.1 Å². The molecule has 0 saturated carbocycles. The van der Waals surface area contributed by atoms with Gasteiger partial charge in [-0.15, -0.1) is 11.8 Å². The van der Waals surface area contributed by atoms with Crippen LogP contribution in [0.2, 0.25) is 0 Å². The van der Waals surface area contributed by atoms with E-state index in [0.29, 0.717) is 17.9 Å². The summed E-state index contributed by atoms with van der Waals surface area (Å²) < 4.78 is 10.5. The highest BCUT2D eigenvalue weighted by atomic mass is 32.2. The maximum absolute atomic E-state index is 11.9. The van der Waals surface area contributed by atoms with Crippen LogP contribution in [0.5, 0.6) is 11.5 Å². The number of thioether (sulfide) groups is 1. The molecular formula is C18H29N3O3S. The van der Waals surface area contributed by atoms with Gasteiger partial charge in [-0.3, -0.25) is 4.79 Å². The molecule has 1 aromatic rings. The van der Waals surface area contributed by atoms with Gasteiger partial charge in [-0.05, 0) is 31.2 Å². The number of hydrogen-bond acceptors (Lipinski definition) is 6. The van der Waals surface area contributed by atoms with Crippen LogP contribution in [-0.2, 0) is 4.79 Å². The van der Waals surface area contributed by atoms with E-state index < -0.39 is 0 Å². The molecule has 1 aliphatic rings. The molecule has 0 aromatic heterocycles. The Morgan fingerprint density at radius 1 is 1.24 bits per heavy atom. The lowest BCUT2D eigenvalue weighted by molar-refractivity contribution is -0.120. The second-order valence-electron chi connectivity index (χ2n) is 5.91. The van der Waals surface area contributed by atoms with Crippen LogP contribution in [0, 0.1) is 0 Å². The molecule has 2 rings (SSSR count). The summed E-state index contributed by atoms with van der Waals surface area (Å²) >= 11 is 1.65. The van der Waals surface area contributed by atoms with Crippen molar-refractivity contribution in [2.45, 2.75) is 17.7 Å². The number of methoxy groups -OCH3 is 2. The van der Waals surface area contributed by atoms with Crippen LogP contribution in [-0.4, -0.2) is 70.0 Å². The monoisotopic (exact) mass is 367 g/mol. The molecule has 1 heterocycles. The number of piperazine rings is 1. The molecule has 140 valence electrons. The molecular weight excluding hydrogens is 338 g/mol. The lowest BCUT2D eigenvalue weighted by atomic mass is 10.3. The molecule has 1 saturated heterocycles. The second kappa shape index (κ2) is 11.2. The van der Waals surface area contributed by atoms with Crippen LogP contribution in [0.25, 0.3) is 0 Å². The molecule has 6 nitrogen and oxygen atoms in total. The third-order valence-electron chi connectivity index (χ3n) is 4.14. The number of ether oxygens (including phenoxy) is 2. The standard InChI is InChI=1S/C18H29N3O3S/c1-23-16-5-4-15(14-17(16)24-2)25-13-6-18(22)20-7-3-10-21-11-8-19-9-12-21/h4-5,14,19H,3,6-13H2,1-2H3,(H,20,22).